The van der Waals surface area contributed by atoms with Crippen molar-refractivity contribution in [2.45, 2.75) is 38.4 Å². The fourth-order valence-electron chi connectivity index (χ4n) is 1.75. The Morgan fingerprint density at radius 3 is 2.55 bits per heavy atom. The van der Waals surface area contributed by atoms with E-state index in [1.807, 2.05) is 0 Å². The summed E-state index contributed by atoms with van der Waals surface area (Å²) in [5.41, 5.74) is 8.74. The Bertz CT molecular complexity index is 430. The maximum absolute atomic E-state index is 9.88. The molecule has 110 valence electrons. The van der Waals surface area contributed by atoms with Gasteiger partial charge in [-0.05, 0) is 29.6 Å². The molecule has 0 heterocycles. The van der Waals surface area contributed by atoms with E-state index in [2.05, 4.69) is 16.9 Å². The second kappa shape index (κ2) is 9.20. The highest BCUT2D eigenvalue weighted by Crippen LogP contribution is 2.21. The van der Waals surface area contributed by atoms with Crippen molar-refractivity contribution in [1.82, 2.24) is 0 Å². The fourth-order valence-corrected chi connectivity index (χ4v) is 1.75. The standard InChI is InChI=1S/C14H21N3O3/c1-2-3-4-9-20-12-7-5-11(6-8-12)14(19)13(18)10-16-17-15/h5-8,13-14,18-19H,2-4,9-10H2,1H3. The van der Waals surface area contributed by atoms with Crippen molar-refractivity contribution in [2.75, 3.05) is 13.2 Å². The topological polar surface area (TPSA) is 98.5 Å². The molecule has 0 amide bonds. The monoisotopic (exact) mass is 279 g/mol. The van der Waals surface area contributed by atoms with Crippen LogP contribution in [0.25, 0.3) is 10.4 Å². The summed E-state index contributed by atoms with van der Waals surface area (Å²) in [6.07, 6.45) is 1.13. The van der Waals surface area contributed by atoms with Gasteiger partial charge in [0.1, 0.15) is 11.9 Å². The molecule has 0 saturated heterocycles. The lowest BCUT2D eigenvalue weighted by atomic mass is 10.0. The third kappa shape index (κ3) is 5.48. The molecule has 1 aromatic rings. The van der Waals surface area contributed by atoms with Crippen LogP contribution in [0.2, 0.25) is 0 Å². The molecule has 0 spiro atoms. The predicted octanol–water partition coefficient (Wildman–Crippen LogP) is 2.96. The van der Waals surface area contributed by atoms with E-state index in [0.717, 1.165) is 25.0 Å². The molecule has 0 bridgehead atoms. The molecule has 0 aliphatic carbocycles. The average Bonchev–Trinajstić information content (AvgIpc) is 2.49. The molecule has 0 radical (unpaired) electrons. The largest absolute Gasteiger partial charge is 0.494 e. The van der Waals surface area contributed by atoms with E-state index in [0.29, 0.717) is 12.2 Å². The van der Waals surface area contributed by atoms with Crippen molar-refractivity contribution in [3.05, 3.63) is 40.3 Å². The Labute approximate surface area is 118 Å². The highest BCUT2D eigenvalue weighted by Gasteiger charge is 2.17. The third-order valence-electron chi connectivity index (χ3n) is 2.93. The first kappa shape index (κ1) is 16.3. The summed E-state index contributed by atoms with van der Waals surface area (Å²) < 4.78 is 5.56. The van der Waals surface area contributed by atoms with E-state index in [-0.39, 0.29) is 6.54 Å². The van der Waals surface area contributed by atoms with Crippen LogP contribution in [-0.2, 0) is 0 Å². The first-order valence-corrected chi connectivity index (χ1v) is 6.78. The van der Waals surface area contributed by atoms with Gasteiger partial charge in [-0.3, -0.25) is 0 Å². The van der Waals surface area contributed by atoms with Crippen LogP contribution in [0.3, 0.4) is 0 Å². The summed E-state index contributed by atoms with van der Waals surface area (Å²) in [4.78, 5) is 2.55. The molecule has 1 aromatic carbocycles. The second-order valence-corrected chi connectivity index (χ2v) is 4.55. The van der Waals surface area contributed by atoms with E-state index in [4.69, 9.17) is 10.3 Å². The molecule has 0 aliphatic heterocycles. The van der Waals surface area contributed by atoms with Crippen molar-refractivity contribution in [2.24, 2.45) is 5.11 Å². The number of azide groups is 1. The van der Waals surface area contributed by atoms with Crippen molar-refractivity contribution in [1.29, 1.82) is 0 Å². The van der Waals surface area contributed by atoms with E-state index >= 15 is 0 Å². The zero-order valence-corrected chi connectivity index (χ0v) is 11.6. The maximum Gasteiger partial charge on any atom is 0.119 e. The first-order valence-electron chi connectivity index (χ1n) is 6.78. The SMILES string of the molecule is CCCCCOc1ccc(C(O)C(O)CN=[N+]=[N-])cc1. The highest BCUT2D eigenvalue weighted by molar-refractivity contribution is 5.29. The van der Waals surface area contributed by atoms with Gasteiger partial charge < -0.3 is 14.9 Å². The van der Waals surface area contributed by atoms with Crippen LogP contribution in [0.5, 0.6) is 5.75 Å². The number of aliphatic hydroxyl groups excluding tert-OH is 2. The number of nitrogens with zero attached hydrogens (tertiary/aromatic N) is 3. The lowest BCUT2D eigenvalue weighted by molar-refractivity contribution is 0.0244. The van der Waals surface area contributed by atoms with Crippen LogP contribution < -0.4 is 4.74 Å². The molecule has 0 fully saturated rings. The summed E-state index contributed by atoms with van der Waals surface area (Å²) in [6, 6.07) is 6.90. The number of rotatable bonds is 9. The minimum absolute atomic E-state index is 0.160. The summed E-state index contributed by atoms with van der Waals surface area (Å²) in [5.74, 6) is 0.738. The van der Waals surface area contributed by atoms with Gasteiger partial charge in [0.25, 0.3) is 0 Å². The highest BCUT2D eigenvalue weighted by atomic mass is 16.5. The number of hydrogen-bond donors (Lipinski definition) is 2. The molecule has 2 atom stereocenters. The Morgan fingerprint density at radius 1 is 1.25 bits per heavy atom. The smallest absolute Gasteiger partial charge is 0.119 e. The normalized spacial score (nSPS) is 13.3. The summed E-state index contributed by atoms with van der Waals surface area (Å²) in [5, 5.41) is 22.7. The van der Waals surface area contributed by atoms with E-state index < -0.39 is 12.2 Å². The van der Waals surface area contributed by atoms with Crippen LogP contribution >= 0.6 is 0 Å². The van der Waals surface area contributed by atoms with Crippen molar-refractivity contribution < 1.29 is 14.9 Å². The molecule has 0 saturated carbocycles. The van der Waals surface area contributed by atoms with E-state index in [1.54, 1.807) is 24.3 Å². The van der Waals surface area contributed by atoms with Gasteiger partial charge in [-0.15, -0.1) is 0 Å². The number of ether oxygens (including phenoxy) is 1. The molecular weight excluding hydrogens is 258 g/mol. The third-order valence-corrected chi connectivity index (χ3v) is 2.93. The maximum atomic E-state index is 9.88. The first-order chi connectivity index (χ1) is 9.69. The van der Waals surface area contributed by atoms with Crippen LogP contribution in [0.4, 0.5) is 0 Å². The quantitative estimate of drug-likeness (QED) is 0.314. The van der Waals surface area contributed by atoms with Crippen LogP contribution in [0.1, 0.15) is 37.9 Å². The summed E-state index contributed by atoms with van der Waals surface area (Å²) >= 11 is 0. The molecule has 0 aromatic heterocycles. The zero-order chi connectivity index (χ0) is 14.8. The van der Waals surface area contributed by atoms with Gasteiger partial charge in [-0.25, -0.2) is 0 Å². The summed E-state index contributed by atoms with van der Waals surface area (Å²) in [7, 11) is 0. The van der Waals surface area contributed by atoms with Crippen molar-refractivity contribution in [3.63, 3.8) is 0 Å². The molecule has 2 unspecified atom stereocenters. The minimum Gasteiger partial charge on any atom is -0.494 e. The summed E-state index contributed by atoms with van der Waals surface area (Å²) in [6.45, 7) is 2.65. The Morgan fingerprint density at radius 2 is 1.95 bits per heavy atom. The Balaban J connectivity index is 2.50. The van der Waals surface area contributed by atoms with Gasteiger partial charge in [0.05, 0.1) is 19.3 Å². The van der Waals surface area contributed by atoms with E-state index in [1.165, 1.54) is 0 Å². The van der Waals surface area contributed by atoms with Gasteiger partial charge >= 0.3 is 0 Å². The van der Waals surface area contributed by atoms with Gasteiger partial charge in [-0.1, -0.05) is 37.0 Å². The predicted molar refractivity (Wildman–Crippen MR) is 76.4 cm³/mol. The Kier molecular flexibility index (Phi) is 7.50. The minimum atomic E-state index is -1.11. The average molecular weight is 279 g/mol. The molecule has 20 heavy (non-hydrogen) atoms. The van der Waals surface area contributed by atoms with Gasteiger partial charge in [-0.2, -0.15) is 0 Å². The molecule has 6 nitrogen and oxygen atoms in total. The lowest BCUT2D eigenvalue weighted by Crippen LogP contribution is -2.21. The molecule has 6 heteroatoms. The van der Waals surface area contributed by atoms with Crippen molar-refractivity contribution in [3.8, 4) is 5.75 Å². The lowest BCUT2D eigenvalue weighted by Gasteiger charge is -2.16. The van der Waals surface area contributed by atoms with Crippen LogP contribution in [0, 0.1) is 0 Å². The zero-order valence-electron chi connectivity index (χ0n) is 11.6. The molecule has 1 rings (SSSR count). The van der Waals surface area contributed by atoms with Gasteiger partial charge in [0, 0.05) is 4.91 Å². The number of unbranched alkanes of at least 4 members (excludes halogenated alkanes) is 2. The Hall–Kier alpha value is -1.75. The molecular formula is C14H21N3O3. The number of hydrogen-bond acceptors (Lipinski definition) is 4. The second-order valence-electron chi connectivity index (χ2n) is 4.55. The molecule has 0 aliphatic rings. The number of benzene rings is 1. The van der Waals surface area contributed by atoms with Gasteiger partial charge in [0.2, 0.25) is 0 Å². The van der Waals surface area contributed by atoms with Crippen molar-refractivity contribution >= 4 is 0 Å². The van der Waals surface area contributed by atoms with Crippen LogP contribution in [0.15, 0.2) is 29.4 Å². The molecule has 2 N–H and O–H groups in total. The van der Waals surface area contributed by atoms with Gasteiger partial charge in [0.15, 0.2) is 0 Å². The van der Waals surface area contributed by atoms with Crippen LogP contribution in [-0.4, -0.2) is 29.5 Å². The number of aliphatic hydroxyl groups is 2. The fraction of sp³-hybridized carbons (Fsp3) is 0.571. The van der Waals surface area contributed by atoms with E-state index in [9.17, 15) is 10.2 Å².